The summed E-state index contributed by atoms with van der Waals surface area (Å²) in [5.41, 5.74) is 2.67. The van der Waals surface area contributed by atoms with Crippen LogP contribution in [0, 0.1) is 5.82 Å². The minimum Gasteiger partial charge on any atom is -0.395 e. The molecule has 22 heavy (non-hydrogen) atoms. The van der Waals surface area contributed by atoms with E-state index in [1.54, 1.807) is 12.1 Å². The number of halogens is 1. The molecular formula is C18H21FN2O. The topological polar surface area (TPSA) is 44.3 Å². The third-order valence-corrected chi connectivity index (χ3v) is 4.40. The summed E-state index contributed by atoms with van der Waals surface area (Å²) < 4.78 is 13.8. The van der Waals surface area contributed by atoms with Gasteiger partial charge < -0.3 is 15.7 Å². The monoisotopic (exact) mass is 300 g/mol. The molecule has 0 radical (unpaired) electrons. The summed E-state index contributed by atoms with van der Waals surface area (Å²) in [6.07, 6.45) is 0. The molecule has 1 heterocycles. The predicted molar refractivity (Wildman–Crippen MR) is 86.3 cm³/mol. The Bertz CT molecular complexity index is 629. The molecule has 3 N–H and O–H groups in total. The SMILES string of the molecule is CNC[C@@H]1N[C@@H](CO)[C@H]1c1ccc(-c2ccccc2F)cc1. The van der Waals surface area contributed by atoms with Crippen molar-refractivity contribution in [3.05, 3.63) is 59.9 Å². The number of benzene rings is 2. The van der Waals surface area contributed by atoms with Crippen molar-refractivity contribution in [2.24, 2.45) is 0 Å². The van der Waals surface area contributed by atoms with Gasteiger partial charge in [-0.2, -0.15) is 0 Å². The maximum atomic E-state index is 13.8. The lowest BCUT2D eigenvalue weighted by Crippen LogP contribution is -2.64. The van der Waals surface area contributed by atoms with Crippen molar-refractivity contribution in [2.75, 3.05) is 20.2 Å². The van der Waals surface area contributed by atoms with Gasteiger partial charge in [-0.3, -0.25) is 0 Å². The molecule has 3 rings (SSSR count). The van der Waals surface area contributed by atoms with E-state index >= 15 is 0 Å². The van der Waals surface area contributed by atoms with Gasteiger partial charge in [0.15, 0.2) is 0 Å². The maximum absolute atomic E-state index is 13.8. The minimum atomic E-state index is -0.207. The lowest BCUT2D eigenvalue weighted by Gasteiger charge is -2.46. The Hall–Kier alpha value is -1.75. The van der Waals surface area contributed by atoms with Crippen molar-refractivity contribution in [1.29, 1.82) is 0 Å². The largest absolute Gasteiger partial charge is 0.395 e. The van der Waals surface area contributed by atoms with Crippen molar-refractivity contribution < 1.29 is 9.50 Å². The summed E-state index contributed by atoms with van der Waals surface area (Å²) in [5, 5.41) is 16.0. The predicted octanol–water partition coefficient (Wildman–Crippen LogP) is 2.13. The van der Waals surface area contributed by atoms with Crippen LogP contribution in [0.4, 0.5) is 4.39 Å². The van der Waals surface area contributed by atoms with E-state index in [-0.39, 0.29) is 24.4 Å². The normalized spacial score (nSPS) is 24.0. The number of nitrogens with one attached hydrogen (secondary N) is 2. The maximum Gasteiger partial charge on any atom is 0.131 e. The molecule has 0 spiro atoms. The van der Waals surface area contributed by atoms with Crippen molar-refractivity contribution in [3.63, 3.8) is 0 Å². The zero-order valence-electron chi connectivity index (χ0n) is 12.6. The van der Waals surface area contributed by atoms with Crippen molar-refractivity contribution in [3.8, 4) is 11.1 Å². The lowest BCUT2D eigenvalue weighted by molar-refractivity contribution is 0.128. The zero-order valence-corrected chi connectivity index (χ0v) is 12.6. The second-order valence-electron chi connectivity index (χ2n) is 5.75. The molecule has 3 nitrogen and oxygen atoms in total. The zero-order chi connectivity index (χ0) is 15.5. The molecule has 1 aliphatic heterocycles. The highest BCUT2D eigenvalue weighted by Crippen LogP contribution is 2.33. The van der Waals surface area contributed by atoms with E-state index < -0.39 is 0 Å². The van der Waals surface area contributed by atoms with Gasteiger partial charge in [-0.15, -0.1) is 0 Å². The molecule has 116 valence electrons. The van der Waals surface area contributed by atoms with Gasteiger partial charge in [-0.05, 0) is 24.2 Å². The molecular weight excluding hydrogens is 279 g/mol. The summed E-state index contributed by atoms with van der Waals surface area (Å²) in [6.45, 7) is 0.982. The number of aliphatic hydroxyl groups excluding tert-OH is 1. The van der Waals surface area contributed by atoms with Crippen LogP contribution >= 0.6 is 0 Å². The molecule has 1 saturated heterocycles. The van der Waals surface area contributed by atoms with Crippen molar-refractivity contribution in [1.82, 2.24) is 10.6 Å². The number of likely N-dealkylation sites (N-methyl/N-ethyl adjacent to an activating group) is 1. The molecule has 2 aromatic rings. The number of hydrogen-bond donors (Lipinski definition) is 3. The number of rotatable bonds is 5. The second-order valence-corrected chi connectivity index (χ2v) is 5.75. The first-order chi connectivity index (χ1) is 10.7. The van der Waals surface area contributed by atoms with Gasteiger partial charge in [-0.25, -0.2) is 4.39 Å². The Balaban J connectivity index is 1.83. The fourth-order valence-corrected chi connectivity index (χ4v) is 3.26. The Morgan fingerprint density at radius 3 is 2.45 bits per heavy atom. The molecule has 0 amide bonds. The summed E-state index contributed by atoms with van der Waals surface area (Å²) >= 11 is 0. The average molecular weight is 300 g/mol. The lowest BCUT2D eigenvalue weighted by atomic mass is 9.77. The van der Waals surface area contributed by atoms with E-state index in [1.165, 1.54) is 11.6 Å². The van der Waals surface area contributed by atoms with Gasteiger partial charge in [0.2, 0.25) is 0 Å². The molecule has 1 fully saturated rings. The number of aliphatic hydroxyl groups is 1. The molecule has 0 bridgehead atoms. The fraction of sp³-hybridized carbons (Fsp3) is 0.333. The van der Waals surface area contributed by atoms with Crippen LogP contribution in [0.2, 0.25) is 0 Å². The van der Waals surface area contributed by atoms with E-state index in [4.69, 9.17) is 0 Å². The summed E-state index contributed by atoms with van der Waals surface area (Å²) in [6, 6.07) is 15.2. The first-order valence-corrected chi connectivity index (χ1v) is 7.61. The van der Waals surface area contributed by atoms with Gasteiger partial charge in [-0.1, -0.05) is 42.5 Å². The molecule has 0 aromatic heterocycles. The van der Waals surface area contributed by atoms with Crippen LogP contribution < -0.4 is 10.6 Å². The van der Waals surface area contributed by atoms with Crippen molar-refractivity contribution in [2.45, 2.75) is 18.0 Å². The average Bonchev–Trinajstić information content (AvgIpc) is 2.52. The quantitative estimate of drug-likeness (QED) is 0.792. The van der Waals surface area contributed by atoms with Crippen LogP contribution in [0.5, 0.6) is 0 Å². The fourth-order valence-electron chi connectivity index (χ4n) is 3.26. The molecule has 1 aliphatic rings. The van der Waals surface area contributed by atoms with E-state index in [2.05, 4.69) is 10.6 Å². The summed E-state index contributed by atoms with van der Waals surface area (Å²) in [7, 11) is 1.92. The van der Waals surface area contributed by atoms with Gasteiger partial charge in [0.05, 0.1) is 6.61 Å². The Labute approximate surface area is 130 Å². The third kappa shape index (κ3) is 2.77. The molecule has 0 unspecified atom stereocenters. The second kappa shape index (κ2) is 6.57. The molecule has 3 atom stereocenters. The van der Waals surface area contributed by atoms with Crippen LogP contribution in [0.3, 0.4) is 0 Å². The first-order valence-electron chi connectivity index (χ1n) is 7.61. The van der Waals surface area contributed by atoms with Crippen molar-refractivity contribution >= 4 is 0 Å². The van der Waals surface area contributed by atoms with E-state index in [9.17, 15) is 9.50 Å². The first kappa shape index (κ1) is 15.2. The van der Waals surface area contributed by atoms with Gasteiger partial charge in [0.1, 0.15) is 5.82 Å². The Morgan fingerprint density at radius 2 is 1.82 bits per heavy atom. The van der Waals surface area contributed by atoms with E-state index in [0.29, 0.717) is 11.6 Å². The minimum absolute atomic E-state index is 0.0951. The molecule has 4 heteroatoms. The van der Waals surface area contributed by atoms with Crippen LogP contribution in [0.25, 0.3) is 11.1 Å². The van der Waals surface area contributed by atoms with Gasteiger partial charge in [0.25, 0.3) is 0 Å². The third-order valence-electron chi connectivity index (χ3n) is 4.40. The Kier molecular flexibility index (Phi) is 4.52. The van der Waals surface area contributed by atoms with Crippen LogP contribution in [-0.4, -0.2) is 37.4 Å². The highest BCUT2D eigenvalue weighted by atomic mass is 19.1. The van der Waals surface area contributed by atoms with Crippen LogP contribution in [0.1, 0.15) is 11.5 Å². The molecule has 2 aromatic carbocycles. The molecule has 0 saturated carbocycles. The Morgan fingerprint density at radius 1 is 1.09 bits per heavy atom. The summed E-state index contributed by atoms with van der Waals surface area (Å²) in [5.74, 6) is 0.0778. The number of hydrogen-bond acceptors (Lipinski definition) is 3. The van der Waals surface area contributed by atoms with Crippen LogP contribution in [-0.2, 0) is 0 Å². The molecule has 0 aliphatic carbocycles. The highest BCUT2D eigenvalue weighted by Gasteiger charge is 2.40. The van der Waals surface area contributed by atoms with Gasteiger partial charge in [0, 0.05) is 30.1 Å². The van der Waals surface area contributed by atoms with Crippen LogP contribution in [0.15, 0.2) is 48.5 Å². The smallest absolute Gasteiger partial charge is 0.131 e. The summed E-state index contributed by atoms with van der Waals surface area (Å²) in [4.78, 5) is 0. The highest BCUT2D eigenvalue weighted by molar-refractivity contribution is 5.64. The standard InChI is InChI=1S/C18H21FN2O/c1-20-10-16-18(17(11-22)21-16)13-8-6-12(7-9-13)14-4-2-3-5-15(14)19/h2-9,16-18,20-22H,10-11H2,1H3/t16-,17-,18-/m0/s1. The van der Waals surface area contributed by atoms with E-state index in [0.717, 1.165) is 12.1 Å². The van der Waals surface area contributed by atoms with Gasteiger partial charge >= 0.3 is 0 Å². The van der Waals surface area contributed by atoms with E-state index in [1.807, 2.05) is 37.4 Å².